The highest BCUT2D eigenvalue weighted by Gasteiger charge is 2.16. The van der Waals surface area contributed by atoms with E-state index in [0.717, 1.165) is 45.8 Å². The first kappa shape index (κ1) is 21.6. The van der Waals surface area contributed by atoms with Crippen LogP contribution in [0.3, 0.4) is 0 Å². The molecule has 0 aliphatic carbocycles. The van der Waals surface area contributed by atoms with Gasteiger partial charge >= 0.3 is 0 Å². The van der Waals surface area contributed by atoms with Crippen molar-refractivity contribution < 1.29 is 9.53 Å². The number of benzene rings is 1. The highest BCUT2D eigenvalue weighted by molar-refractivity contribution is 6.06. The molecular formula is C25H25N7O2. The molecule has 0 fully saturated rings. The van der Waals surface area contributed by atoms with Crippen molar-refractivity contribution >= 4 is 28.4 Å². The third-order valence-corrected chi connectivity index (χ3v) is 5.86. The molecular weight excluding hydrogens is 430 g/mol. The van der Waals surface area contributed by atoms with Crippen LogP contribution in [0.25, 0.3) is 22.2 Å². The molecule has 0 bridgehead atoms. The number of rotatable bonds is 6. The summed E-state index contributed by atoms with van der Waals surface area (Å²) in [5.74, 6) is 2.19. The summed E-state index contributed by atoms with van der Waals surface area (Å²) in [6.07, 6.45) is 5.00. The molecule has 4 heterocycles. The number of hydrogen-bond donors (Lipinski definition) is 3. The van der Waals surface area contributed by atoms with E-state index in [1.807, 2.05) is 30.3 Å². The Bertz CT molecular complexity index is 1360. The van der Waals surface area contributed by atoms with Crippen LogP contribution in [0.15, 0.2) is 55.1 Å². The van der Waals surface area contributed by atoms with Gasteiger partial charge in [-0.15, -0.1) is 0 Å². The van der Waals surface area contributed by atoms with Crippen molar-refractivity contribution in [2.75, 3.05) is 37.4 Å². The van der Waals surface area contributed by atoms with Crippen molar-refractivity contribution in [2.45, 2.75) is 12.8 Å². The van der Waals surface area contributed by atoms with Crippen LogP contribution in [0.5, 0.6) is 5.75 Å². The molecule has 9 nitrogen and oxygen atoms in total. The first-order valence-corrected chi connectivity index (χ1v) is 11.2. The molecule has 0 unspecified atom stereocenters. The van der Waals surface area contributed by atoms with Gasteiger partial charge in [-0.05, 0) is 17.7 Å². The van der Waals surface area contributed by atoms with E-state index in [-0.39, 0.29) is 11.8 Å². The lowest BCUT2D eigenvalue weighted by atomic mass is 9.96. The molecule has 3 aromatic heterocycles. The van der Waals surface area contributed by atoms with Gasteiger partial charge in [0.05, 0.1) is 23.3 Å². The topological polar surface area (TPSA) is 114 Å². The summed E-state index contributed by atoms with van der Waals surface area (Å²) in [7, 11) is 1.63. The molecule has 1 atom stereocenters. The Labute approximate surface area is 197 Å². The average Bonchev–Trinajstić information content (AvgIpc) is 2.90. The third kappa shape index (κ3) is 4.19. The van der Waals surface area contributed by atoms with Gasteiger partial charge in [-0.1, -0.05) is 25.1 Å². The second-order valence-corrected chi connectivity index (χ2v) is 8.10. The smallest absolute Gasteiger partial charge is 0.251 e. The molecule has 0 spiro atoms. The zero-order chi connectivity index (χ0) is 23.5. The van der Waals surface area contributed by atoms with Crippen LogP contribution >= 0.6 is 0 Å². The molecule has 1 amide bonds. The van der Waals surface area contributed by atoms with Crippen molar-refractivity contribution in [2.24, 2.45) is 0 Å². The molecule has 1 aliphatic rings. The lowest BCUT2D eigenvalue weighted by Crippen LogP contribution is -2.19. The Morgan fingerprint density at radius 1 is 1.18 bits per heavy atom. The normalized spacial score (nSPS) is 13.4. The van der Waals surface area contributed by atoms with Gasteiger partial charge < -0.3 is 20.7 Å². The van der Waals surface area contributed by atoms with Gasteiger partial charge in [0.2, 0.25) is 0 Å². The predicted molar refractivity (Wildman–Crippen MR) is 131 cm³/mol. The summed E-state index contributed by atoms with van der Waals surface area (Å²) in [5, 5.41) is 10.2. The quantitative estimate of drug-likeness (QED) is 0.405. The fourth-order valence-corrected chi connectivity index (χ4v) is 4.07. The zero-order valence-corrected chi connectivity index (χ0v) is 19.0. The van der Waals surface area contributed by atoms with E-state index in [1.165, 1.54) is 6.33 Å². The van der Waals surface area contributed by atoms with Crippen LogP contribution in [0, 0.1) is 0 Å². The van der Waals surface area contributed by atoms with Crippen molar-refractivity contribution in [3.63, 3.8) is 0 Å². The van der Waals surface area contributed by atoms with Crippen molar-refractivity contribution in [3.05, 3.63) is 66.2 Å². The summed E-state index contributed by atoms with van der Waals surface area (Å²) in [4.78, 5) is 30.1. The van der Waals surface area contributed by atoms with E-state index >= 15 is 0 Å². The number of fused-ring (bicyclic) bond motifs is 2. The van der Waals surface area contributed by atoms with Gasteiger partial charge in [0, 0.05) is 48.9 Å². The third-order valence-electron chi connectivity index (χ3n) is 5.86. The second-order valence-electron chi connectivity index (χ2n) is 8.10. The number of hydrogen-bond acceptors (Lipinski definition) is 8. The van der Waals surface area contributed by atoms with Crippen LogP contribution < -0.4 is 20.7 Å². The number of nitrogens with one attached hydrogen (secondary N) is 3. The maximum absolute atomic E-state index is 12.3. The van der Waals surface area contributed by atoms with Gasteiger partial charge in [-0.2, -0.15) is 0 Å². The number of amides is 1. The Kier molecular flexibility index (Phi) is 5.90. The summed E-state index contributed by atoms with van der Waals surface area (Å²) in [6.45, 7) is 4.12. The molecule has 172 valence electrons. The lowest BCUT2D eigenvalue weighted by molar-refractivity contribution is 0.0964. The molecule has 34 heavy (non-hydrogen) atoms. The number of para-hydroxylation sites is 1. The molecule has 4 aromatic rings. The zero-order valence-electron chi connectivity index (χ0n) is 19.0. The maximum Gasteiger partial charge on any atom is 0.251 e. The number of ether oxygens (including phenoxy) is 1. The summed E-state index contributed by atoms with van der Waals surface area (Å²) in [5.41, 5.74) is 4.13. The van der Waals surface area contributed by atoms with Gasteiger partial charge in [0.1, 0.15) is 18.8 Å². The minimum atomic E-state index is -0.123. The van der Waals surface area contributed by atoms with Crippen molar-refractivity contribution in [3.8, 4) is 17.0 Å². The number of pyridine rings is 2. The van der Waals surface area contributed by atoms with E-state index in [0.29, 0.717) is 24.5 Å². The van der Waals surface area contributed by atoms with E-state index in [1.54, 1.807) is 25.5 Å². The van der Waals surface area contributed by atoms with Crippen LogP contribution in [0.1, 0.15) is 28.8 Å². The van der Waals surface area contributed by atoms with Crippen molar-refractivity contribution in [1.82, 2.24) is 25.3 Å². The van der Waals surface area contributed by atoms with E-state index in [4.69, 9.17) is 4.74 Å². The monoisotopic (exact) mass is 455 g/mol. The predicted octanol–water partition coefficient (Wildman–Crippen LogP) is 3.47. The molecule has 9 heteroatoms. The Morgan fingerprint density at radius 3 is 2.97 bits per heavy atom. The molecule has 0 saturated carbocycles. The van der Waals surface area contributed by atoms with Crippen molar-refractivity contribution in [1.29, 1.82) is 0 Å². The largest absolute Gasteiger partial charge is 0.488 e. The van der Waals surface area contributed by atoms with Crippen LogP contribution in [0.2, 0.25) is 0 Å². The standard InChI is InChI=1S/C25H25N7O2/c1-15(17-4-3-5-18-19(25(33)26-2)6-7-27-23(17)18)12-29-22-11-20(31-14-32-22)16-10-21-24(30-13-16)28-8-9-34-21/h3-7,10-11,13-15H,8-9,12H2,1-2H3,(H,26,33)(H,28,30)(H,29,31,32)/t15-/m1/s1. The highest BCUT2D eigenvalue weighted by Crippen LogP contribution is 2.30. The lowest BCUT2D eigenvalue weighted by Gasteiger charge is -2.18. The first-order chi connectivity index (χ1) is 16.6. The van der Waals surface area contributed by atoms with Gasteiger partial charge in [-0.3, -0.25) is 9.78 Å². The molecule has 3 N–H and O–H groups in total. The minimum absolute atomic E-state index is 0.123. The minimum Gasteiger partial charge on any atom is -0.488 e. The number of aromatic nitrogens is 4. The van der Waals surface area contributed by atoms with Gasteiger partial charge in [0.15, 0.2) is 11.6 Å². The number of carbonyl (C=O) groups excluding carboxylic acids is 1. The molecule has 5 rings (SSSR count). The summed E-state index contributed by atoms with van der Waals surface area (Å²) >= 11 is 0. The second kappa shape index (κ2) is 9.30. The van der Waals surface area contributed by atoms with Gasteiger partial charge in [0.25, 0.3) is 5.91 Å². The van der Waals surface area contributed by atoms with Crippen LogP contribution in [-0.4, -0.2) is 52.6 Å². The number of carbonyl (C=O) groups is 1. The van der Waals surface area contributed by atoms with Crippen LogP contribution in [-0.2, 0) is 0 Å². The summed E-state index contributed by atoms with van der Waals surface area (Å²) in [6, 6.07) is 11.5. The van der Waals surface area contributed by atoms with E-state index < -0.39 is 0 Å². The number of anilines is 2. The van der Waals surface area contributed by atoms with Gasteiger partial charge in [-0.25, -0.2) is 15.0 Å². The molecule has 0 saturated heterocycles. The molecule has 1 aliphatic heterocycles. The number of nitrogens with zero attached hydrogens (tertiary/aromatic N) is 4. The maximum atomic E-state index is 12.3. The van der Waals surface area contributed by atoms with E-state index in [2.05, 4.69) is 42.8 Å². The van der Waals surface area contributed by atoms with E-state index in [9.17, 15) is 4.79 Å². The summed E-state index contributed by atoms with van der Waals surface area (Å²) < 4.78 is 5.69. The highest BCUT2D eigenvalue weighted by atomic mass is 16.5. The Hall–Kier alpha value is -4.27. The average molecular weight is 456 g/mol. The fourth-order valence-electron chi connectivity index (χ4n) is 4.07. The van der Waals surface area contributed by atoms with Crippen LogP contribution in [0.4, 0.5) is 11.6 Å². The Morgan fingerprint density at radius 2 is 2.09 bits per heavy atom. The molecule has 0 radical (unpaired) electrons. The SMILES string of the molecule is CNC(=O)c1ccnc2c([C@H](C)CNc3cc(-c4cnc5c(c4)OCCN5)ncn3)cccc12. The molecule has 1 aromatic carbocycles. The first-order valence-electron chi connectivity index (χ1n) is 11.2. The Balaban J connectivity index is 1.35. The fraction of sp³-hybridized carbons (Fsp3) is 0.240.